The Morgan fingerprint density at radius 1 is 1.21 bits per heavy atom. The predicted molar refractivity (Wildman–Crippen MR) is 144 cm³/mol. The quantitative estimate of drug-likeness (QED) is 0.359. The van der Waals surface area contributed by atoms with Crippen molar-refractivity contribution >= 4 is 46.3 Å². The second-order valence-corrected chi connectivity index (χ2v) is 10.5. The minimum Gasteiger partial charge on any atom is -0.385 e. The van der Waals surface area contributed by atoms with Gasteiger partial charge in [0.2, 0.25) is 5.78 Å². The molecule has 0 spiro atoms. The molecule has 1 aliphatic heterocycles. The number of alkyl halides is 3. The minimum atomic E-state index is -4.41. The van der Waals surface area contributed by atoms with Crippen LogP contribution in [0.5, 0.6) is 0 Å². The average molecular weight is 574 g/mol. The van der Waals surface area contributed by atoms with Crippen LogP contribution < -0.4 is 5.73 Å². The lowest BCUT2D eigenvalue weighted by molar-refractivity contribution is -0.156. The van der Waals surface area contributed by atoms with Crippen LogP contribution in [0, 0.1) is 11.8 Å². The summed E-state index contributed by atoms with van der Waals surface area (Å²) in [7, 11) is 3.19. The van der Waals surface area contributed by atoms with Gasteiger partial charge in [-0.15, -0.1) is 0 Å². The van der Waals surface area contributed by atoms with Crippen LogP contribution in [0.1, 0.15) is 65.1 Å². The maximum absolute atomic E-state index is 13.6. The molecule has 1 aromatic heterocycles. The number of nitrogens with two attached hydrogens (primary N) is 1. The fourth-order valence-corrected chi connectivity index (χ4v) is 5.27. The molecule has 38 heavy (non-hydrogen) atoms. The molecule has 208 valence electrons. The standard InChI is InChI=1S/C27H32Cl2F3N3O3/c1-15(13-16(2)27(30,31)32)19-14-21(34(3)25(19)33)24(36)22-20(28)6-5-18(23(22)29)26(37)35-10-7-17(8-11-35)9-12-38-4/h5-6,13-14,16-17H,7-12,33H2,1-4H3/b15-13-. The molecule has 6 nitrogen and oxygen atoms in total. The normalized spacial score (nSPS) is 16.1. The number of hydrogen-bond donors (Lipinski definition) is 1. The predicted octanol–water partition coefficient (Wildman–Crippen LogP) is 6.64. The molecule has 1 aromatic carbocycles. The number of hydrogen-bond acceptors (Lipinski definition) is 4. The van der Waals surface area contributed by atoms with Gasteiger partial charge in [0, 0.05) is 39.4 Å². The summed E-state index contributed by atoms with van der Waals surface area (Å²) in [5.74, 6) is -1.99. The van der Waals surface area contributed by atoms with E-state index in [0.29, 0.717) is 31.2 Å². The third-order valence-electron chi connectivity index (χ3n) is 7.13. The topological polar surface area (TPSA) is 77.6 Å². The van der Waals surface area contributed by atoms with Gasteiger partial charge in [0.05, 0.1) is 32.8 Å². The number of aromatic nitrogens is 1. The molecule has 0 radical (unpaired) electrons. The second kappa shape index (κ2) is 12.1. The molecule has 1 saturated heterocycles. The van der Waals surface area contributed by atoms with E-state index >= 15 is 0 Å². The highest BCUT2D eigenvalue weighted by Crippen LogP contribution is 2.35. The molecule has 2 aromatic rings. The lowest BCUT2D eigenvalue weighted by Crippen LogP contribution is -2.39. The van der Waals surface area contributed by atoms with Crippen molar-refractivity contribution in [3.05, 3.63) is 56.7 Å². The van der Waals surface area contributed by atoms with Gasteiger partial charge in [-0.1, -0.05) is 36.2 Å². The Morgan fingerprint density at radius 3 is 2.42 bits per heavy atom. The lowest BCUT2D eigenvalue weighted by atomic mass is 9.93. The lowest BCUT2D eigenvalue weighted by Gasteiger charge is -2.32. The Bertz CT molecular complexity index is 1230. The zero-order valence-corrected chi connectivity index (χ0v) is 23.3. The Morgan fingerprint density at radius 2 is 1.84 bits per heavy atom. The van der Waals surface area contributed by atoms with E-state index < -0.39 is 17.9 Å². The van der Waals surface area contributed by atoms with E-state index in [1.165, 1.54) is 36.7 Å². The molecule has 1 amide bonds. The molecular weight excluding hydrogens is 542 g/mol. The maximum Gasteiger partial charge on any atom is 0.394 e. The summed E-state index contributed by atoms with van der Waals surface area (Å²) in [5, 5.41) is -0.0256. The van der Waals surface area contributed by atoms with E-state index in [0.717, 1.165) is 32.3 Å². The number of carbonyl (C=O) groups is 2. The molecule has 0 aliphatic carbocycles. The van der Waals surface area contributed by atoms with Gasteiger partial charge in [0.1, 0.15) is 5.82 Å². The zero-order chi connectivity index (χ0) is 28.4. The highest BCUT2D eigenvalue weighted by Gasteiger charge is 2.35. The first kappa shape index (κ1) is 30.1. The monoisotopic (exact) mass is 573 g/mol. The first-order valence-corrected chi connectivity index (χ1v) is 13.0. The van der Waals surface area contributed by atoms with Gasteiger partial charge in [0.25, 0.3) is 5.91 Å². The fraction of sp³-hybridized carbons (Fsp3) is 0.481. The van der Waals surface area contributed by atoms with Crippen molar-refractivity contribution in [2.24, 2.45) is 18.9 Å². The highest BCUT2D eigenvalue weighted by atomic mass is 35.5. The number of ether oxygens (including phenoxy) is 1. The van der Waals surface area contributed by atoms with Gasteiger partial charge < -0.3 is 19.9 Å². The van der Waals surface area contributed by atoms with Crippen molar-refractivity contribution in [1.82, 2.24) is 9.47 Å². The number of ketones is 1. The number of anilines is 1. The number of carbonyl (C=O) groups excluding carboxylic acids is 2. The minimum absolute atomic E-state index is 0.0501. The maximum atomic E-state index is 13.6. The summed E-state index contributed by atoms with van der Waals surface area (Å²) in [5.41, 5.74) is 6.90. The molecule has 0 bridgehead atoms. The molecule has 2 N–H and O–H groups in total. The van der Waals surface area contributed by atoms with Crippen molar-refractivity contribution in [2.75, 3.05) is 32.5 Å². The Labute approximate surface area is 230 Å². The Balaban J connectivity index is 1.90. The number of benzene rings is 1. The van der Waals surface area contributed by atoms with Crippen LogP contribution in [0.25, 0.3) is 5.57 Å². The second-order valence-electron chi connectivity index (χ2n) is 9.70. The van der Waals surface area contributed by atoms with E-state index in [9.17, 15) is 22.8 Å². The van der Waals surface area contributed by atoms with Gasteiger partial charge >= 0.3 is 6.18 Å². The van der Waals surface area contributed by atoms with Crippen LogP contribution in [-0.4, -0.2) is 54.1 Å². The van der Waals surface area contributed by atoms with E-state index in [1.54, 1.807) is 12.0 Å². The van der Waals surface area contributed by atoms with Crippen LogP contribution in [0.4, 0.5) is 19.0 Å². The number of halogens is 5. The van der Waals surface area contributed by atoms with Crippen molar-refractivity contribution in [3.8, 4) is 0 Å². The number of methoxy groups -OCH3 is 1. The Hall–Kier alpha value is -2.49. The number of allylic oxidation sites excluding steroid dienone is 2. The molecule has 3 rings (SSSR count). The number of nitrogens with zero attached hydrogens (tertiary/aromatic N) is 2. The molecular formula is C27H32Cl2F3N3O3. The SMILES string of the molecule is COCCC1CCN(C(=O)c2ccc(Cl)c(C(=O)c3cc(/C(C)=C\C(C)C(F)(F)F)c(N)n3C)c2Cl)CC1. The fourth-order valence-electron chi connectivity index (χ4n) is 4.64. The first-order chi connectivity index (χ1) is 17.8. The van der Waals surface area contributed by atoms with Gasteiger partial charge in [-0.25, -0.2) is 0 Å². The number of amides is 1. The van der Waals surface area contributed by atoms with Crippen LogP contribution in [-0.2, 0) is 11.8 Å². The average Bonchev–Trinajstić information content (AvgIpc) is 3.16. The molecule has 1 unspecified atom stereocenters. The van der Waals surface area contributed by atoms with Crippen molar-refractivity contribution in [1.29, 1.82) is 0 Å². The third-order valence-corrected chi connectivity index (χ3v) is 7.84. The summed E-state index contributed by atoms with van der Waals surface area (Å²) in [4.78, 5) is 28.6. The third kappa shape index (κ3) is 6.38. The summed E-state index contributed by atoms with van der Waals surface area (Å²) >= 11 is 13.0. The molecule has 1 fully saturated rings. The van der Waals surface area contributed by atoms with Crippen LogP contribution in [0.2, 0.25) is 10.0 Å². The van der Waals surface area contributed by atoms with E-state index in [1.807, 2.05) is 0 Å². The summed E-state index contributed by atoms with van der Waals surface area (Å²) in [6, 6.07) is 4.36. The Kier molecular flexibility index (Phi) is 9.60. The highest BCUT2D eigenvalue weighted by molar-refractivity contribution is 6.42. The first-order valence-electron chi connectivity index (χ1n) is 12.3. The van der Waals surface area contributed by atoms with Crippen molar-refractivity contribution in [3.63, 3.8) is 0 Å². The van der Waals surface area contributed by atoms with E-state index in [2.05, 4.69) is 0 Å². The molecule has 1 atom stereocenters. The van der Waals surface area contributed by atoms with Crippen LogP contribution in [0.15, 0.2) is 24.3 Å². The van der Waals surface area contributed by atoms with Crippen LogP contribution >= 0.6 is 23.2 Å². The van der Waals surface area contributed by atoms with E-state index in [4.69, 9.17) is 33.7 Å². The van der Waals surface area contributed by atoms with Gasteiger partial charge in [-0.2, -0.15) is 13.2 Å². The summed E-state index contributed by atoms with van der Waals surface area (Å²) < 4.78 is 45.7. The largest absolute Gasteiger partial charge is 0.394 e. The number of piperidine rings is 1. The number of likely N-dealkylation sites (tertiary alicyclic amines) is 1. The molecule has 0 saturated carbocycles. The van der Waals surface area contributed by atoms with E-state index in [-0.39, 0.29) is 44.2 Å². The van der Waals surface area contributed by atoms with Crippen molar-refractivity contribution in [2.45, 2.75) is 39.3 Å². The zero-order valence-electron chi connectivity index (χ0n) is 21.8. The summed E-state index contributed by atoms with van der Waals surface area (Å²) in [6.45, 7) is 4.35. The van der Waals surface area contributed by atoms with Gasteiger partial charge in [-0.3, -0.25) is 9.59 Å². The van der Waals surface area contributed by atoms with Gasteiger partial charge in [0.15, 0.2) is 0 Å². The molecule has 11 heteroatoms. The van der Waals surface area contributed by atoms with Gasteiger partial charge in [-0.05, 0) is 55.9 Å². The smallest absolute Gasteiger partial charge is 0.385 e. The summed E-state index contributed by atoms with van der Waals surface area (Å²) in [6.07, 6.45) is -0.729. The van der Waals surface area contributed by atoms with Crippen molar-refractivity contribution < 1.29 is 27.5 Å². The molecule has 2 heterocycles. The number of nitrogen functional groups attached to an aromatic ring is 1. The molecule has 1 aliphatic rings. The number of rotatable bonds is 8. The van der Waals surface area contributed by atoms with Crippen LogP contribution in [0.3, 0.4) is 0 Å².